The van der Waals surface area contributed by atoms with Gasteiger partial charge in [-0.05, 0) is 93.1 Å². The summed E-state index contributed by atoms with van der Waals surface area (Å²) >= 11 is 0. The van der Waals surface area contributed by atoms with Crippen molar-refractivity contribution in [2.24, 2.45) is 17.8 Å². The maximum atomic E-state index is 14.5. The van der Waals surface area contributed by atoms with Gasteiger partial charge >= 0.3 is 6.09 Å². The lowest BCUT2D eigenvalue weighted by Gasteiger charge is -2.47. The summed E-state index contributed by atoms with van der Waals surface area (Å²) in [5, 5.41) is 14.3. The number of ether oxygens (including phenoxy) is 1. The van der Waals surface area contributed by atoms with Crippen LogP contribution in [-0.4, -0.2) is 65.3 Å². The van der Waals surface area contributed by atoms with E-state index in [2.05, 4.69) is 27.8 Å². The standard InChI is InChI=1S/C32H39FN4O4S/c1-3-42(39,40)28-12-10-27(11-13-28)37-20-23(21-37)19-36-16-14-24(15-17-36)32(22-34,25-6-4-7-26(33)18-25)29-8-5-9-30(29)41-31(38)35-2/h3-4,6-7,10-13,18,23-24,29-30H,1,5,8-9,14-17,19-21H2,2H3,(H,35,38)/t29-,30-,32?/m0/s1. The number of anilines is 1. The Morgan fingerprint density at radius 3 is 2.50 bits per heavy atom. The van der Waals surface area contributed by atoms with Crippen molar-refractivity contribution in [3.05, 3.63) is 71.9 Å². The van der Waals surface area contributed by atoms with Gasteiger partial charge in [-0.2, -0.15) is 5.26 Å². The molecule has 3 aliphatic rings. The summed E-state index contributed by atoms with van der Waals surface area (Å²) in [6.07, 6.45) is 3.03. The highest BCUT2D eigenvalue weighted by molar-refractivity contribution is 7.94. The number of nitrogens with zero attached hydrogens (tertiary/aromatic N) is 3. The van der Waals surface area contributed by atoms with Crippen molar-refractivity contribution in [2.75, 3.05) is 44.7 Å². The van der Waals surface area contributed by atoms with Crippen molar-refractivity contribution in [1.29, 1.82) is 5.26 Å². The van der Waals surface area contributed by atoms with Gasteiger partial charge in [0.2, 0.25) is 0 Å². The molecule has 2 aliphatic heterocycles. The molecule has 8 nitrogen and oxygen atoms in total. The number of hydrogen-bond acceptors (Lipinski definition) is 7. The molecule has 1 saturated carbocycles. The number of rotatable bonds is 9. The van der Waals surface area contributed by atoms with Crippen LogP contribution in [0, 0.1) is 34.9 Å². The lowest BCUT2D eigenvalue weighted by Crippen LogP contribution is -2.54. The van der Waals surface area contributed by atoms with E-state index in [0.29, 0.717) is 17.9 Å². The Morgan fingerprint density at radius 2 is 1.88 bits per heavy atom. The fourth-order valence-corrected chi connectivity index (χ4v) is 8.00. The number of hydrogen-bond donors (Lipinski definition) is 1. The van der Waals surface area contributed by atoms with Crippen LogP contribution in [0.4, 0.5) is 14.9 Å². The number of alkyl carbamates (subject to hydrolysis) is 1. The predicted molar refractivity (Wildman–Crippen MR) is 159 cm³/mol. The third-order valence-electron chi connectivity index (χ3n) is 9.44. The topological polar surface area (TPSA) is 103 Å². The Kier molecular flexibility index (Phi) is 8.90. The highest BCUT2D eigenvalue weighted by Crippen LogP contribution is 2.51. The Morgan fingerprint density at radius 1 is 1.17 bits per heavy atom. The number of piperidine rings is 1. The van der Waals surface area contributed by atoms with Gasteiger partial charge in [0, 0.05) is 49.6 Å². The molecule has 3 fully saturated rings. The molecule has 2 aromatic rings. The lowest BCUT2D eigenvalue weighted by molar-refractivity contribution is 0.0306. The quantitative estimate of drug-likeness (QED) is 0.442. The third kappa shape index (κ3) is 5.90. The zero-order valence-corrected chi connectivity index (χ0v) is 24.9. The molecule has 5 rings (SSSR count). The van der Waals surface area contributed by atoms with Gasteiger partial charge in [-0.15, -0.1) is 0 Å². The number of carbonyl (C=O) groups excluding carboxylic acids is 1. The minimum atomic E-state index is -3.44. The van der Waals surface area contributed by atoms with E-state index in [0.717, 1.165) is 69.5 Å². The molecule has 224 valence electrons. The maximum Gasteiger partial charge on any atom is 0.407 e. The maximum absolute atomic E-state index is 14.5. The lowest BCUT2D eigenvalue weighted by atomic mass is 9.59. The summed E-state index contributed by atoms with van der Waals surface area (Å²) < 4.78 is 44.2. The fraction of sp³-hybridized carbons (Fsp3) is 0.500. The van der Waals surface area contributed by atoms with Gasteiger partial charge in [0.1, 0.15) is 11.9 Å². The Hall–Kier alpha value is -3.42. The summed E-state index contributed by atoms with van der Waals surface area (Å²) in [6.45, 7) is 7.84. The second-order valence-corrected chi connectivity index (χ2v) is 13.7. The van der Waals surface area contributed by atoms with Crippen molar-refractivity contribution in [3.63, 3.8) is 0 Å². The minimum absolute atomic E-state index is 0.0164. The fourth-order valence-electron chi connectivity index (χ4n) is 7.30. The molecule has 1 aliphatic carbocycles. The van der Waals surface area contributed by atoms with Crippen LogP contribution in [0.1, 0.15) is 37.7 Å². The summed E-state index contributed by atoms with van der Waals surface area (Å²) in [4.78, 5) is 17.1. The number of likely N-dealkylation sites (tertiary alicyclic amines) is 1. The van der Waals surface area contributed by atoms with E-state index in [4.69, 9.17) is 4.74 Å². The van der Waals surface area contributed by atoms with Crippen LogP contribution < -0.4 is 10.2 Å². The number of benzene rings is 2. The summed E-state index contributed by atoms with van der Waals surface area (Å²) in [7, 11) is -1.91. The van der Waals surface area contributed by atoms with Crippen molar-refractivity contribution in [3.8, 4) is 6.07 Å². The third-order valence-corrected chi connectivity index (χ3v) is 10.8. The van der Waals surface area contributed by atoms with Gasteiger partial charge in [0.05, 0.1) is 16.4 Å². The Bertz CT molecular complexity index is 1430. The average Bonchev–Trinajstić information content (AvgIpc) is 3.44. The predicted octanol–water partition coefficient (Wildman–Crippen LogP) is 4.88. The van der Waals surface area contributed by atoms with E-state index in [9.17, 15) is 22.9 Å². The number of amides is 1. The zero-order chi connectivity index (χ0) is 29.9. The van der Waals surface area contributed by atoms with E-state index in [1.54, 1.807) is 18.2 Å². The first kappa shape index (κ1) is 30.1. The van der Waals surface area contributed by atoms with Gasteiger partial charge in [0.25, 0.3) is 0 Å². The van der Waals surface area contributed by atoms with Gasteiger partial charge < -0.3 is 19.9 Å². The normalized spacial score (nSPS) is 23.4. The van der Waals surface area contributed by atoms with E-state index >= 15 is 0 Å². The largest absolute Gasteiger partial charge is 0.446 e. The number of nitriles is 1. The van der Waals surface area contributed by atoms with E-state index in [-0.39, 0.29) is 22.5 Å². The van der Waals surface area contributed by atoms with Crippen molar-refractivity contribution in [1.82, 2.24) is 10.2 Å². The van der Waals surface area contributed by atoms with Crippen LogP contribution >= 0.6 is 0 Å². The zero-order valence-electron chi connectivity index (χ0n) is 24.0. The summed E-state index contributed by atoms with van der Waals surface area (Å²) in [6, 6.07) is 16.0. The molecule has 1 N–H and O–H groups in total. The van der Waals surface area contributed by atoms with Gasteiger partial charge in [-0.1, -0.05) is 18.7 Å². The number of nitrogens with one attached hydrogen (secondary N) is 1. The van der Waals surface area contributed by atoms with E-state index in [1.165, 1.54) is 19.2 Å². The van der Waals surface area contributed by atoms with Crippen LogP contribution in [0.15, 0.2) is 65.4 Å². The molecular formula is C32H39FN4O4S. The van der Waals surface area contributed by atoms with Crippen LogP contribution in [0.3, 0.4) is 0 Å². The monoisotopic (exact) mass is 594 g/mol. The SMILES string of the molecule is C=CS(=O)(=O)c1ccc(N2CC(CN3CCC(C(C#N)(c4cccc(F)c4)[C@H]4CCC[C@@H]4OC(=O)NC)CC3)C2)cc1. The van der Waals surface area contributed by atoms with Crippen LogP contribution in [0.25, 0.3) is 0 Å². The number of carbonyl (C=O) groups is 1. The first-order valence-corrected chi connectivity index (χ1v) is 16.3. The van der Waals surface area contributed by atoms with Crippen LogP contribution in [0.5, 0.6) is 0 Å². The molecule has 0 spiro atoms. The summed E-state index contributed by atoms with van der Waals surface area (Å²) in [5.41, 5.74) is 0.747. The molecule has 1 unspecified atom stereocenters. The minimum Gasteiger partial charge on any atom is -0.446 e. The molecule has 2 saturated heterocycles. The highest BCUT2D eigenvalue weighted by Gasteiger charge is 2.53. The Balaban J connectivity index is 1.24. The second kappa shape index (κ2) is 12.4. The molecule has 2 aromatic carbocycles. The molecule has 2 heterocycles. The molecule has 0 aromatic heterocycles. The van der Waals surface area contributed by atoms with Gasteiger partial charge in [0.15, 0.2) is 9.84 Å². The smallest absolute Gasteiger partial charge is 0.407 e. The van der Waals surface area contributed by atoms with Crippen LogP contribution in [0.2, 0.25) is 0 Å². The molecule has 1 amide bonds. The van der Waals surface area contributed by atoms with Crippen molar-refractivity contribution in [2.45, 2.75) is 48.5 Å². The van der Waals surface area contributed by atoms with Crippen LogP contribution in [-0.2, 0) is 20.0 Å². The van der Waals surface area contributed by atoms with Crippen molar-refractivity contribution >= 4 is 21.6 Å². The van der Waals surface area contributed by atoms with E-state index in [1.807, 2.05) is 18.2 Å². The first-order valence-electron chi connectivity index (χ1n) is 14.7. The highest BCUT2D eigenvalue weighted by atomic mass is 32.2. The average molecular weight is 595 g/mol. The Labute approximate surface area is 248 Å². The molecule has 0 radical (unpaired) electrons. The van der Waals surface area contributed by atoms with Gasteiger partial charge in [-0.3, -0.25) is 0 Å². The second-order valence-electron chi connectivity index (χ2n) is 11.8. The number of sulfone groups is 1. The molecule has 42 heavy (non-hydrogen) atoms. The van der Waals surface area contributed by atoms with Gasteiger partial charge in [-0.25, -0.2) is 17.6 Å². The van der Waals surface area contributed by atoms with Crippen molar-refractivity contribution < 1.29 is 22.3 Å². The summed E-state index contributed by atoms with van der Waals surface area (Å²) in [5.74, 6) is -0.0473. The number of halogens is 1. The molecule has 3 atom stereocenters. The molecular weight excluding hydrogens is 555 g/mol. The molecule has 0 bridgehead atoms. The first-order chi connectivity index (χ1) is 20.2. The van der Waals surface area contributed by atoms with E-state index < -0.39 is 27.4 Å². The molecule has 10 heteroatoms.